The van der Waals surface area contributed by atoms with Gasteiger partial charge in [-0.25, -0.2) is 4.79 Å². The molecule has 2 aliphatic rings. The van der Waals surface area contributed by atoms with E-state index in [1.165, 1.54) is 4.90 Å². The number of nitrogens with zero attached hydrogens (tertiary/aromatic N) is 2. The molecule has 4 amide bonds. The molecular formula is C19H25N3O3. The van der Waals surface area contributed by atoms with Crippen molar-refractivity contribution in [3.05, 3.63) is 35.9 Å². The van der Waals surface area contributed by atoms with E-state index in [0.717, 1.165) is 18.4 Å². The first kappa shape index (κ1) is 17.5. The van der Waals surface area contributed by atoms with Gasteiger partial charge in [-0.05, 0) is 24.8 Å². The van der Waals surface area contributed by atoms with E-state index in [9.17, 15) is 14.4 Å². The van der Waals surface area contributed by atoms with Gasteiger partial charge in [-0.15, -0.1) is 0 Å². The van der Waals surface area contributed by atoms with E-state index >= 15 is 0 Å². The molecule has 1 N–H and O–H groups in total. The van der Waals surface area contributed by atoms with Gasteiger partial charge >= 0.3 is 6.03 Å². The first-order valence-electron chi connectivity index (χ1n) is 9.03. The zero-order valence-electron chi connectivity index (χ0n) is 14.8. The molecule has 6 heteroatoms. The predicted molar refractivity (Wildman–Crippen MR) is 93.5 cm³/mol. The van der Waals surface area contributed by atoms with Crippen LogP contribution in [0.25, 0.3) is 0 Å². The van der Waals surface area contributed by atoms with Crippen LogP contribution in [0.1, 0.15) is 38.7 Å². The number of carbonyl (C=O) groups excluding carboxylic acids is 3. The van der Waals surface area contributed by atoms with Crippen molar-refractivity contribution in [2.45, 2.75) is 51.7 Å². The summed E-state index contributed by atoms with van der Waals surface area (Å²) in [4.78, 5) is 41.1. The lowest BCUT2D eigenvalue weighted by molar-refractivity contribution is -0.146. The first-order valence-corrected chi connectivity index (χ1v) is 9.03. The van der Waals surface area contributed by atoms with Crippen molar-refractivity contribution in [1.82, 2.24) is 15.1 Å². The third-order valence-electron chi connectivity index (χ3n) is 5.27. The lowest BCUT2D eigenvalue weighted by Gasteiger charge is -2.37. The topological polar surface area (TPSA) is 69.7 Å². The van der Waals surface area contributed by atoms with Crippen molar-refractivity contribution >= 4 is 17.8 Å². The fraction of sp³-hybridized carbons (Fsp3) is 0.526. The zero-order valence-corrected chi connectivity index (χ0v) is 14.8. The van der Waals surface area contributed by atoms with Crippen LogP contribution < -0.4 is 5.32 Å². The lowest BCUT2D eigenvalue weighted by atomic mass is 9.99. The van der Waals surface area contributed by atoms with Crippen LogP contribution in [0.15, 0.2) is 30.3 Å². The van der Waals surface area contributed by atoms with Gasteiger partial charge in [0, 0.05) is 12.5 Å². The van der Waals surface area contributed by atoms with E-state index in [2.05, 4.69) is 5.32 Å². The molecule has 6 nitrogen and oxygen atoms in total. The number of carbonyl (C=O) groups is 3. The minimum atomic E-state index is -0.575. The van der Waals surface area contributed by atoms with Gasteiger partial charge in [-0.3, -0.25) is 14.5 Å². The molecule has 0 aliphatic carbocycles. The molecule has 0 aromatic heterocycles. The highest BCUT2D eigenvalue weighted by Crippen LogP contribution is 2.27. The van der Waals surface area contributed by atoms with Gasteiger partial charge in [0.1, 0.15) is 6.04 Å². The minimum absolute atomic E-state index is 0.0293. The number of urea groups is 1. The van der Waals surface area contributed by atoms with E-state index < -0.39 is 6.04 Å². The molecule has 0 saturated carbocycles. The van der Waals surface area contributed by atoms with Crippen LogP contribution in [0.2, 0.25) is 0 Å². The van der Waals surface area contributed by atoms with Crippen molar-refractivity contribution in [2.24, 2.45) is 5.92 Å². The number of likely N-dealkylation sites (tertiary alicyclic amines) is 1. The summed E-state index contributed by atoms with van der Waals surface area (Å²) < 4.78 is 0. The Balaban J connectivity index is 1.80. The largest absolute Gasteiger partial charge is 0.332 e. The smallest absolute Gasteiger partial charge is 0.324 e. The van der Waals surface area contributed by atoms with Crippen LogP contribution >= 0.6 is 0 Å². The SMILES string of the molecule is CCC(CC)C(=O)N1CC[C@H]2NC(=O)N(Cc3ccccc3)C(=O)[C@H]21. The van der Waals surface area contributed by atoms with Crippen LogP contribution in [0.5, 0.6) is 0 Å². The number of nitrogens with one attached hydrogen (secondary N) is 1. The molecule has 134 valence electrons. The second kappa shape index (κ2) is 7.25. The molecular weight excluding hydrogens is 318 g/mol. The van der Waals surface area contributed by atoms with Gasteiger partial charge in [-0.2, -0.15) is 0 Å². The fourth-order valence-electron chi connectivity index (χ4n) is 3.78. The average molecular weight is 343 g/mol. The molecule has 0 spiro atoms. The molecule has 1 aromatic rings. The standard InChI is InChI=1S/C19H25N3O3/c1-3-14(4-2)17(23)21-11-10-15-16(21)18(24)22(19(25)20-15)12-13-8-6-5-7-9-13/h5-9,14-16H,3-4,10-12H2,1-2H3,(H,20,25)/t15-,16+/m1/s1. The number of fused-ring (bicyclic) bond motifs is 1. The Kier molecular flexibility index (Phi) is 5.06. The minimum Gasteiger partial charge on any atom is -0.332 e. The first-order chi connectivity index (χ1) is 12.1. The molecule has 0 unspecified atom stereocenters. The van der Waals surface area contributed by atoms with Crippen LogP contribution in [-0.4, -0.2) is 46.3 Å². The van der Waals surface area contributed by atoms with Crippen molar-refractivity contribution in [3.63, 3.8) is 0 Å². The van der Waals surface area contributed by atoms with E-state index in [1.807, 2.05) is 44.2 Å². The second-order valence-corrected chi connectivity index (χ2v) is 6.74. The molecule has 3 rings (SSSR count). The molecule has 2 aliphatic heterocycles. The van der Waals surface area contributed by atoms with E-state index in [-0.39, 0.29) is 36.3 Å². The zero-order chi connectivity index (χ0) is 18.0. The molecule has 2 fully saturated rings. The van der Waals surface area contributed by atoms with E-state index in [1.54, 1.807) is 4.90 Å². The molecule has 2 saturated heterocycles. The van der Waals surface area contributed by atoms with Gasteiger partial charge < -0.3 is 10.2 Å². The highest BCUT2D eigenvalue weighted by molar-refractivity contribution is 6.02. The highest BCUT2D eigenvalue weighted by atomic mass is 16.2. The molecule has 1 aromatic carbocycles. The Morgan fingerprint density at radius 1 is 1.20 bits per heavy atom. The molecule has 0 radical (unpaired) electrons. The van der Waals surface area contributed by atoms with Gasteiger partial charge in [0.05, 0.1) is 12.6 Å². The summed E-state index contributed by atoms with van der Waals surface area (Å²) in [5, 5.41) is 2.91. The van der Waals surface area contributed by atoms with E-state index in [4.69, 9.17) is 0 Å². The normalized spacial score (nSPS) is 23.0. The number of imide groups is 1. The highest BCUT2D eigenvalue weighted by Gasteiger charge is 2.49. The quantitative estimate of drug-likeness (QED) is 0.890. The monoisotopic (exact) mass is 343 g/mol. The van der Waals surface area contributed by atoms with Crippen molar-refractivity contribution in [2.75, 3.05) is 6.54 Å². The number of amides is 4. The van der Waals surface area contributed by atoms with Crippen LogP contribution in [0.3, 0.4) is 0 Å². The summed E-state index contributed by atoms with van der Waals surface area (Å²) in [6.07, 6.45) is 2.15. The Morgan fingerprint density at radius 3 is 2.52 bits per heavy atom. The van der Waals surface area contributed by atoms with Crippen LogP contribution in [0.4, 0.5) is 4.79 Å². The summed E-state index contributed by atoms with van der Waals surface area (Å²) in [5.74, 6) is -0.303. The summed E-state index contributed by atoms with van der Waals surface area (Å²) in [6.45, 7) is 4.73. The maximum atomic E-state index is 13.0. The number of hydrogen-bond donors (Lipinski definition) is 1. The van der Waals surface area contributed by atoms with Crippen LogP contribution in [-0.2, 0) is 16.1 Å². The Hall–Kier alpha value is -2.37. The molecule has 25 heavy (non-hydrogen) atoms. The van der Waals surface area contributed by atoms with Crippen molar-refractivity contribution in [3.8, 4) is 0 Å². The van der Waals surface area contributed by atoms with Gasteiger partial charge in [0.2, 0.25) is 5.91 Å². The Bertz CT molecular complexity index is 657. The molecule has 0 bridgehead atoms. The second-order valence-electron chi connectivity index (χ2n) is 6.74. The number of rotatable bonds is 5. The van der Waals surface area contributed by atoms with Crippen molar-refractivity contribution in [1.29, 1.82) is 0 Å². The Morgan fingerprint density at radius 2 is 1.88 bits per heavy atom. The number of hydrogen-bond acceptors (Lipinski definition) is 3. The predicted octanol–water partition coefficient (Wildman–Crippen LogP) is 2.14. The maximum Gasteiger partial charge on any atom is 0.324 e. The van der Waals surface area contributed by atoms with Gasteiger partial charge in [0.15, 0.2) is 0 Å². The van der Waals surface area contributed by atoms with Gasteiger partial charge in [0.25, 0.3) is 5.91 Å². The fourth-order valence-corrected chi connectivity index (χ4v) is 3.78. The Labute approximate surface area is 148 Å². The third-order valence-corrected chi connectivity index (χ3v) is 5.27. The third kappa shape index (κ3) is 3.25. The summed E-state index contributed by atoms with van der Waals surface area (Å²) in [6, 6.07) is 8.20. The van der Waals surface area contributed by atoms with Crippen molar-refractivity contribution < 1.29 is 14.4 Å². The summed E-state index contributed by atoms with van der Waals surface area (Å²) in [5.41, 5.74) is 0.889. The number of benzene rings is 1. The maximum absolute atomic E-state index is 13.0. The molecule has 2 heterocycles. The average Bonchev–Trinajstić information content (AvgIpc) is 3.04. The van der Waals surface area contributed by atoms with Crippen LogP contribution in [0, 0.1) is 5.92 Å². The summed E-state index contributed by atoms with van der Waals surface area (Å²) >= 11 is 0. The van der Waals surface area contributed by atoms with Gasteiger partial charge in [-0.1, -0.05) is 44.2 Å². The van der Waals surface area contributed by atoms with E-state index in [0.29, 0.717) is 13.0 Å². The molecule has 2 atom stereocenters. The summed E-state index contributed by atoms with van der Waals surface area (Å²) in [7, 11) is 0. The lowest BCUT2D eigenvalue weighted by Crippen LogP contribution is -2.64.